The van der Waals surface area contributed by atoms with Gasteiger partial charge in [-0.25, -0.2) is 0 Å². The first-order valence-electron chi connectivity index (χ1n) is 4.53. The standard InChI is InChI=1S/C9H16O2S/c1-8(2)10-6-7(11-8)5-9(12)3-4-9/h7,12H,3-6H2,1-2H3/t7-/m1/s1. The Labute approximate surface area is 79.0 Å². The molecule has 0 aromatic carbocycles. The van der Waals surface area contributed by atoms with E-state index in [1.807, 2.05) is 13.8 Å². The second-order valence-electron chi connectivity index (χ2n) is 4.38. The van der Waals surface area contributed by atoms with Crippen LogP contribution in [-0.4, -0.2) is 23.2 Å². The van der Waals surface area contributed by atoms with E-state index in [1.54, 1.807) is 0 Å². The Morgan fingerprint density at radius 2 is 2.08 bits per heavy atom. The first kappa shape index (κ1) is 8.85. The van der Waals surface area contributed by atoms with Crippen LogP contribution in [0.15, 0.2) is 0 Å². The lowest BCUT2D eigenvalue weighted by Crippen LogP contribution is -2.23. The Morgan fingerprint density at radius 1 is 1.42 bits per heavy atom. The predicted octanol–water partition coefficient (Wildman–Crippen LogP) is 1.99. The zero-order chi connectivity index (χ0) is 8.82. The molecule has 1 saturated heterocycles. The summed E-state index contributed by atoms with van der Waals surface area (Å²) in [6.45, 7) is 4.66. The minimum atomic E-state index is -0.371. The molecule has 12 heavy (non-hydrogen) atoms. The molecule has 2 fully saturated rings. The lowest BCUT2D eigenvalue weighted by Gasteiger charge is -2.18. The highest BCUT2D eigenvalue weighted by Gasteiger charge is 2.44. The molecule has 2 aliphatic rings. The first-order valence-corrected chi connectivity index (χ1v) is 4.98. The van der Waals surface area contributed by atoms with Gasteiger partial charge in [-0.15, -0.1) is 0 Å². The quantitative estimate of drug-likeness (QED) is 0.668. The number of hydrogen-bond acceptors (Lipinski definition) is 3. The fraction of sp³-hybridized carbons (Fsp3) is 1.00. The molecule has 0 aromatic rings. The van der Waals surface area contributed by atoms with E-state index in [1.165, 1.54) is 12.8 Å². The maximum Gasteiger partial charge on any atom is 0.163 e. The van der Waals surface area contributed by atoms with Crippen molar-refractivity contribution >= 4 is 12.6 Å². The van der Waals surface area contributed by atoms with Gasteiger partial charge in [0.15, 0.2) is 5.79 Å². The van der Waals surface area contributed by atoms with Crippen LogP contribution in [-0.2, 0) is 9.47 Å². The van der Waals surface area contributed by atoms with Gasteiger partial charge in [0, 0.05) is 4.75 Å². The summed E-state index contributed by atoms with van der Waals surface area (Å²) in [5.41, 5.74) is 0. The Balaban J connectivity index is 1.84. The van der Waals surface area contributed by atoms with Gasteiger partial charge in [-0.2, -0.15) is 12.6 Å². The average Bonchev–Trinajstić information content (AvgIpc) is 2.53. The van der Waals surface area contributed by atoms with E-state index in [-0.39, 0.29) is 16.6 Å². The van der Waals surface area contributed by atoms with Crippen molar-refractivity contribution < 1.29 is 9.47 Å². The molecular weight excluding hydrogens is 172 g/mol. The molecule has 0 aromatic heterocycles. The third-order valence-corrected chi connectivity index (χ3v) is 3.13. The first-order chi connectivity index (χ1) is 5.49. The molecule has 1 atom stereocenters. The molecule has 0 radical (unpaired) electrons. The molecule has 0 bridgehead atoms. The third kappa shape index (κ3) is 1.95. The summed E-state index contributed by atoms with van der Waals surface area (Å²) >= 11 is 4.56. The molecule has 0 spiro atoms. The molecule has 1 aliphatic heterocycles. The van der Waals surface area contributed by atoms with Gasteiger partial charge in [0.1, 0.15) is 0 Å². The largest absolute Gasteiger partial charge is 0.348 e. The number of hydrogen-bond donors (Lipinski definition) is 1. The van der Waals surface area contributed by atoms with Gasteiger partial charge in [-0.3, -0.25) is 0 Å². The highest BCUT2D eigenvalue weighted by molar-refractivity contribution is 7.82. The van der Waals surface area contributed by atoms with E-state index in [0.29, 0.717) is 0 Å². The van der Waals surface area contributed by atoms with Gasteiger partial charge in [-0.1, -0.05) is 0 Å². The normalized spacial score (nSPS) is 36.8. The molecule has 1 aliphatic carbocycles. The summed E-state index contributed by atoms with van der Waals surface area (Å²) in [5.74, 6) is -0.371. The third-order valence-electron chi connectivity index (χ3n) is 2.50. The molecule has 1 saturated carbocycles. The van der Waals surface area contributed by atoms with Crippen LogP contribution in [0.4, 0.5) is 0 Å². The highest BCUT2D eigenvalue weighted by Crippen LogP contribution is 2.47. The van der Waals surface area contributed by atoms with E-state index in [2.05, 4.69) is 12.6 Å². The zero-order valence-electron chi connectivity index (χ0n) is 7.67. The second kappa shape index (κ2) is 2.63. The molecule has 1 heterocycles. The van der Waals surface area contributed by atoms with Crippen LogP contribution in [0.3, 0.4) is 0 Å². The lowest BCUT2D eigenvalue weighted by atomic mass is 10.2. The van der Waals surface area contributed by atoms with Crippen molar-refractivity contribution in [1.29, 1.82) is 0 Å². The van der Waals surface area contributed by atoms with Crippen molar-refractivity contribution in [2.45, 2.75) is 49.7 Å². The number of ether oxygens (including phenoxy) is 2. The molecular formula is C9H16O2S. The fourth-order valence-corrected chi connectivity index (χ4v) is 1.95. The molecule has 70 valence electrons. The van der Waals surface area contributed by atoms with Crippen LogP contribution < -0.4 is 0 Å². The van der Waals surface area contributed by atoms with E-state index >= 15 is 0 Å². The molecule has 0 N–H and O–H groups in total. The second-order valence-corrected chi connectivity index (χ2v) is 5.33. The van der Waals surface area contributed by atoms with Crippen molar-refractivity contribution in [3.8, 4) is 0 Å². The van der Waals surface area contributed by atoms with Crippen LogP contribution in [0.2, 0.25) is 0 Å². The molecule has 0 amide bonds. The van der Waals surface area contributed by atoms with Crippen LogP contribution in [0.5, 0.6) is 0 Å². The summed E-state index contributed by atoms with van der Waals surface area (Å²) in [6, 6.07) is 0. The average molecular weight is 188 g/mol. The van der Waals surface area contributed by atoms with Gasteiger partial charge >= 0.3 is 0 Å². The minimum absolute atomic E-state index is 0.264. The summed E-state index contributed by atoms with van der Waals surface area (Å²) < 4.78 is 11.4. The predicted molar refractivity (Wildman–Crippen MR) is 50.5 cm³/mol. The smallest absolute Gasteiger partial charge is 0.163 e. The topological polar surface area (TPSA) is 18.5 Å². The Hall–Kier alpha value is 0.270. The Kier molecular flexibility index (Phi) is 1.94. The molecule has 2 rings (SSSR count). The van der Waals surface area contributed by atoms with Crippen LogP contribution >= 0.6 is 12.6 Å². The van der Waals surface area contributed by atoms with E-state index in [9.17, 15) is 0 Å². The summed E-state index contributed by atoms with van der Waals surface area (Å²) in [4.78, 5) is 0. The van der Waals surface area contributed by atoms with Gasteiger partial charge in [0.2, 0.25) is 0 Å². The van der Waals surface area contributed by atoms with E-state index in [4.69, 9.17) is 9.47 Å². The zero-order valence-corrected chi connectivity index (χ0v) is 8.56. The Bertz CT molecular complexity index is 187. The number of thiol groups is 1. The monoisotopic (exact) mass is 188 g/mol. The van der Waals surface area contributed by atoms with Crippen molar-refractivity contribution in [2.24, 2.45) is 0 Å². The Morgan fingerprint density at radius 3 is 2.50 bits per heavy atom. The van der Waals surface area contributed by atoms with Crippen molar-refractivity contribution in [3.05, 3.63) is 0 Å². The van der Waals surface area contributed by atoms with Gasteiger partial charge in [0.25, 0.3) is 0 Å². The minimum Gasteiger partial charge on any atom is -0.348 e. The van der Waals surface area contributed by atoms with Crippen LogP contribution in [0.25, 0.3) is 0 Å². The maximum atomic E-state index is 5.69. The summed E-state index contributed by atoms with van der Waals surface area (Å²) in [5, 5.41) is 0. The van der Waals surface area contributed by atoms with Crippen molar-refractivity contribution in [1.82, 2.24) is 0 Å². The maximum absolute atomic E-state index is 5.69. The molecule has 3 heteroatoms. The molecule has 2 nitrogen and oxygen atoms in total. The summed E-state index contributed by atoms with van der Waals surface area (Å²) in [6.07, 6.45) is 3.77. The van der Waals surface area contributed by atoms with E-state index in [0.717, 1.165) is 13.0 Å². The van der Waals surface area contributed by atoms with Gasteiger partial charge < -0.3 is 9.47 Å². The lowest BCUT2D eigenvalue weighted by molar-refractivity contribution is -0.139. The van der Waals surface area contributed by atoms with Crippen LogP contribution in [0, 0.1) is 0 Å². The van der Waals surface area contributed by atoms with Crippen molar-refractivity contribution in [3.63, 3.8) is 0 Å². The molecule has 0 unspecified atom stereocenters. The SMILES string of the molecule is CC1(C)OC[C@@H](CC2(S)CC2)O1. The fourth-order valence-electron chi connectivity index (χ4n) is 1.64. The van der Waals surface area contributed by atoms with Gasteiger partial charge in [-0.05, 0) is 33.1 Å². The van der Waals surface area contributed by atoms with Crippen LogP contribution in [0.1, 0.15) is 33.1 Å². The summed E-state index contributed by atoms with van der Waals surface area (Å²) in [7, 11) is 0. The van der Waals surface area contributed by atoms with E-state index < -0.39 is 0 Å². The highest BCUT2D eigenvalue weighted by atomic mass is 32.1. The number of rotatable bonds is 2. The van der Waals surface area contributed by atoms with Crippen molar-refractivity contribution in [2.75, 3.05) is 6.61 Å². The van der Waals surface area contributed by atoms with Gasteiger partial charge in [0.05, 0.1) is 12.7 Å².